The molecule has 0 saturated carbocycles. The number of benzene rings is 1. The van der Waals surface area contributed by atoms with Gasteiger partial charge in [0.05, 0.1) is 12.6 Å². The number of aromatic nitrogens is 2. The Bertz CT molecular complexity index is 562. The first-order chi connectivity index (χ1) is 9.81. The van der Waals surface area contributed by atoms with Gasteiger partial charge in [-0.1, -0.05) is 17.7 Å². The first-order valence-electron chi connectivity index (χ1n) is 7.03. The van der Waals surface area contributed by atoms with Crippen molar-refractivity contribution in [2.45, 2.75) is 32.4 Å². The summed E-state index contributed by atoms with van der Waals surface area (Å²) in [6, 6.07) is 8.05. The molecule has 20 heavy (non-hydrogen) atoms. The standard InChI is InChI=1S/C15H19N3O2/c1-11-4-2-5-12(8-11)15-18-17-14(20-15)10-16-9-13-6-3-7-19-13/h2,4-5,8,13,16H,3,6-7,9-10H2,1H3. The molecule has 0 aliphatic carbocycles. The summed E-state index contributed by atoms with van der Waals surface area (Å²) in [5, 5.41) is 11.5. The zero-order valence-electron chi connectivity index (χ0n) is 11.6. The smallest absolute Gasteiger partial charge is 0.247 e. The van der Waals surface area contributed by atoms with E-state index in [0.717, 1.165) is 31.6 Å². The average molecular weight is 273 g/mol. The molecule has 1 N–H and O–H groups in total. The van der Waals surface area contributed by atoms with Gasteiger partial charge in [-0.25, -0.2) is 0 Å². The van der Waals surface area contributed by atoms with Crippen molar-refractivity contribution in [2.24, 2.45) is 0 Å². The molecule has 2 heterocycles. The van der Waals surface area contributed by atoms with Crippen molar-refractivity contribution in [2.75, 3.05) is 13.2 Å². The van der Waals surface area contributed by atoms with Crippen LogP contribution in [0.2, 0.25) is 0 Å². The lowest BCUT2D eigenvalue weighted by molar-refractivity contribution is 0.109. The van der Waals surface area contributed by atoms with E-state index in [-0.39, 0.29) is 0 Å². The Labute approximate surface area is 118 Å². The first kappa shape index (κ1) is 13.3. The second kappa shape index (κ2) is 6.15. The lowest BCUT2D eigenvalue weighted by Crippen LogP contribution is -2.25. The van der Waals surface area contributed by atoms with Gasteiger partial charge in [0.15, 0.2) is 0 Å². The van der Waals surface area contributed by atoms with Crippen LogP contribution in [0.5, 0.6) is 0 Å². The Kier molecular flexibility index (Phi) is 4.08. The largest absolute Gasteiger partial charge is 0.419 e. The number of hydrogen-bond acceptors (Lipinski definition) is 5. The third-order valence-electron chi connectivity index (χ3n) is 3.40. The molecule has 1 aliphatic rings. The van der Waals surface area contributed by atoms with Gasteiger partial charge in [0.2, 0.25) is 11.8 Å². The second-order valence-electron chi connectivity index (χ2n) is 5.14. The van der Waals surface area contributed by atoms with E-state index in [1.165, 1.54) is 5.56 Å². The van der Waals surface area contributed by atoms with Crippen molar-refractivity contribution >= 4 is 0 Å². The van der Waals surface area contributed by atoms with Crippen molar-refractivity contribution < 1.29 is 9.15 Å². The Hall–Kier alpha value is -1.72. The van der Waals surface area contributed by atoms with Gasteiger partial charge in [-0.3, -0.25) is 0 Å². The highest BCUT2D eigenvalue weighted by Gasteiger charge is 2.15. The number of aryl methyl sites for hydroxylation is 1. The van der Waals surface area contributed by atoms with Crippen molar-refractivity contribution in [1.29, 1.82) is 0 Å². The predicted molar refractivity (Wildman–Crippen MR) is 75.2 cm³/mol. The third kappa shape index (κ3) is 3.23. The maximum atomic E-state index is 5.66. The summed E-state index contributed by atoms with van der Waals surface area (Å²) in [4.78, 5) is 0. The predicted octanol–water partition coefficient (Wildman–Crippen LogP) is 2.31. The summed E-state index contributed by atoms with van der Waals surface area (Å²) >= 11 is 0. The summed E-state index contributed by atoms with van der Waals surface area (Å²) in [7, 11) is 0. The van der Waals surface area contributed by atoms with Gasteiger partial charge >= 0.3 is 0 Å². The molecule has 1 aromatic heterocycles. The van der Waals surface area contributed by atoms with Gasteiger partial charge in [-0.05, 0) is 31.9 Å². The van der Waals surface area contributed by atoms with Crippen LogP contribution in [0.1, 0.15) is 24.3 Å². The minimum absolute atomic E-state index is 0.328. The van der Waals surface area contributed by atoms with E-state index in [2.05, 4.69) is 15.5 Å². The SMILES string of the molecule is Cc1cccc(-c2nnc(CNCC3CCCO3)o2)c1. The zero-order chi connectivity index (χ0) is 13.8. The molecule has 1 aromatic carbocycles. The summed E-state index contributed by atoms with van der Waals surface area (Å²) in [5.74, 6) is 1.18. The quantitative estimate of drug-likeness (QED) is 0.906. The van der Waals surface area contributed by atoms with E-state index in [1.807, 2.05) is 31.2 Å². The van der Waals surface area contributed by atoms with E-state index in [9.17, 15) is 0 Å². The summed E-state index contributed by atoms with van der Waals surface area (Å²) in [5.41, 5.74) is 2.14. The monoisotopic (exact) mass is 273 g/mol. The Balaban J connectivity index is 1.56. The highest BCUT2D eigenvalue weighted by atomic mass is 16.5. The molecular weight excluding hydrogens is 254 g/mol. The Morgan fingerprint density at radius 2 is 2.30 bits per heavy atom. The summed E-state index contributed by atoms with van der Waals surface area (Å²) < 4.78 is 11.2. The van der Waals surface area contributed by atoms with Crippen molar-refractivity contribution in [3.05, 3.63) is 35.7 Å². The van der Waals surface area contributed by atoms with Crippen LogP contribution in [-0.4, -0.2) is 29.5 Å². The zero-order valence-corrected chi connectivity index (χ0v) is 11.6. The molecule has 0 spiro atoms. The Morgan fingerprint density at radius 1 is 1.35 bits per heavy atom. The number of ether oxygens (including phenoxy) is 1. The summed E-state index contributed by atoms with van der Waals surface area (Å²) in [6.07, 6.45) is 2.62. The molecule has 3 rings (SSSR count). The van der Waals surface area contributed by atoms with Crippen LogP contribution in [0, 0.1) is 6.92 Å². The molecule has 2 aromatic rings. The topological polar surface area (TPSA) is 60.2 Å². The van der Waals surface area contributed by atoms with E-state index in [1.54, 1.807) is 0 Å². The first-order valence-corrected chi connectivity index (χ1v) is 7.03. The van der Waals surface area contributed by atoms with Gasteiger partial charge in [-0.2, -0.15) is 0 Å². The van der Waals surface area contributed by atoms with E-state index in [4.69, 9.17) is 9.15 Å². The lowest BCUT2D eigenvalue weighted by Gasteiger charge is -2.08. The Morgan fingerprint density at radius 3 is 3.10 bits per heavy atom. The van der Waals surface area contributed by atoms with Crippen LogP contribution in [0.15, 0.2) is 28.7 Å². The van der Waals surface area contributed by atoms with E-state index in [0.29, 0.717) is 24.4 Å². The molecule has 5 heteroatoms. The van der Waals surface area contributed by atoms with E-state index < -0.39 is 0 Å². The van der Waals surface area contributed by atoms with Gasteiger partial charge < -0.3 is 14.5 Å². The van der Waals surface area contributed by atoms with Gasteiger partial charge in [0.1, 0.15) is 0 Å². The normalized spacial score (nSPS) is 18.6. The van der Waals surface area contributed by atoms with Crippen molar-refractivity contribution in [3.63, 3.8) is 0 Å². The lowest BCUT2D eigenvalue weighted by atomic mass is 10.1. The van der Waals surface area contributed by atoms with Gasteiger partial charge in [0, 0.05) is 18.7 Å². The minimum Gasteiger partial charge on any atom is -0.419 e. The van der Waals surface area contributed by atoms with Crippen LogP contribution in [-0.2, 0) is 11.3 Å². The van der Waals surface area contributed by atoms with Crippen LogP contribution in [0.3, 0.4) is 0 Å². The molecule has 1 aliphatic heterocycles. The molecule has 0 bridgehead atoms. The molecule has 0 amide bonds. The maximum absolute atomic E-state index is 5.66. The van der Waals surface area contributed by atoms with Gasteiger partial charge in [-0.15, -0.1) is 10.2 Å². The molecule has 1 unspecified atom stereocenters. The maximum Gasteiger partial charge on any atom is 0.247 e. The highest BCUT2D eigenvalue weighted by molar-refractivity contribution is 5.53. The summed E-state index contributed by atoms with van der Waals surface area (Å²) in [6.45, 7) is 4.34. The molecule has 1 saturated heterocycles. The fraction of sp³-hybridized carbons (Fsp3) is 0.467. The van der Waals surface area contributed by atoms with Crippen LogP contribution in [0.25, 0.3) is 11.5 Å². The number of rotatable bonds is 5. The fourth-order valence-corrected chi connectivity index (χ4v) is 2.37. The number of nitrogens with zero attached hydrogens (tertiary/aromatic N) is 2. The van der Waals surface area contributed by atoms with Crippen LogP contribution in [0.4, 0.5) is 0 Å². The van der Waals surface area contributed by atoms with Gasteiger partial charge in [0.25, 0.3) is 0 Å². The number of nitrogens with one attached hydrogen (secondary N) is 1. The average Bonchev–Trinajstić information content (AvgIpc) is 3.10. The minimum atomic E-state index is 0.328. The third-order valence-corrected chi connectivity index (χ3v) is 3.40. The fourth-order valence-electron chi connectivity index (χ4n) is 2.37. The molecule has 1 atom stereocenters. The van der Waals surface area contributed by atoms with Crippen molar-refractivity contribution in [1.82, 2.24) is 15.5 Å². The molecule has 106 valence electrons. The second-order valence-corrected chi connectivity index (χ2v) is 5.14. The number of hydrogen-bond donors (Lipinski definition) is 1. The molecule has 0 radical (unpaired) electrons. The highest BCUT2D eigenvalue weighted by Crippen LogP contribution is 2.18. The molecule has 5 nitrogen and oxygen atoms in total. The molecular formula is C15H19N3O2. The van der Waals surface area contributed by atoms with E-state index >= 15 is 0 Å². The van der Waals surface area contributed by atoms with Crippen LogP contribution >= 0.6 is 0 Å². The molecule has 1 fully saturated rings. The van der Waals surface area contributed by atoms with Crippen LogP contribution < -0.4 is 5.32 Å². The van der Waals surface area contributed by atoms with Crippen molar-refractivity contribution in [3.8, 4) is 11.5 Å².